The van der Waals surface area contributed by atoms with Crippen molar-refractivity contribution in [1.29, 1.82) is 0 Å². The lowest BCUT2D eigenvalue weighted by Gasteiger charge is -2.12. The second kappa shape index (κ2) is 6.58. The molecule has 0 aromatic carbocycles. The van der Waals surface area contributed by atoms with E-state index in [0.29, 0.717) is 15.7 Å². The Morgan fingerprint density at radius 3 is 2.88 bits per heavy atom. The van der Waals surface area contributed by atoms with E-state index < -0.39 is 11.2 Å². The average Bonchev–Trinajstić information content (AvgIpc) is 3.04. The number of nitrogens with one attached hydrogen (secondary N) is 2. The monoisotopic (exact) mass is 393 g/mol. The van der Waals surface area contributed by atoms with Gasteiger partial charge in [0, 0.05) is 10.9 Å². The molecule has 0 spiro atoms. The Bertz CT molecular complexity index is 940. The van der Waals surface area contributed by atoms with Crippen molar-refractivity contribution in [1.82, 2.24) is 14.8 Å². The van der Waals surface area contributed by atoms with E-state index in [2.05, 4.69) is 15.5 Å². The number of nitrogens with zero attached hydrogens (tertiary/aromatic N) is 2. The van der Waals surface area contributed by atoms with E-state index in [0.717, 1.165) is 42.5 Å². The van der Waals surface area contributed by atoms with Crippen molar-refractivity contribution >= 4 is 39.9 Å². The van der Waals surface area contributed by atoms with Crippen molar-refractivity contribution < 1.29 is 9.59 Å². The maximum Gasteiger partial charge on any atom is 0.344 e. The van der Waals surface area contributed by atoms with E-state index >= 15 is 0 Å². The number of amides is 2. The SMILES string of the molecule is C[C@H](Sc1n[nH]c(=O)n1C1CC1)C(=O)Nc1sc2c(c1C(N)=O)CCC2. The lowest BCUT2D eigenvalue weighted by Crippen LogP contribution is -2.25. The summed E-state index contributed by atoms with van der Waals surface area (Å²) in [6, 6.07) is 0.181. The summed E-state index contributed by atoms with van der Waals surface area (Å²) in [4.78, 5) is 37.4. The standard InChI is InChI=1S/C16H19N5O3S2/c1-7(25-16-20-19-15(24)21(16)8-5-6-8)13(23)18-14-11(12(17)22)9-3-2-4-10(9)26-14/h7-8H,2-6H2,1H3,(H2,17,22)(H,18,23)(H,19,24)/t7-/m0/s1. The molecule has 1 fully saturated rings. The molecule has 8 nitrogen and oxygen atoms in total. The van der Waals surface area contributed by atoms with Gasteiger partial charge >= 0.3 is 5.69 Å². The van der Waals surface area contributed by atoms with Gasteiger partial charge in [0.25, 0.3) is 5.91 Å². The molecule has 10 heteroatoms. The molecule has 4 N–H and O–H groups in total. The average molecular weight is 393 g/mol. The van der Waals surface area contributed by atoms with Crippen LogP contribution in [0.25, 0.3) is 0 Å². The van der Waals surface area contributed by atoms with Crippen molar-refractivity contribution in [2.24, 2.45) is 5.73 Å². The van der Waals surface area contributed by atoms with Crippen LogP contribution in [0.3, 0.4) is 0 Å². The highest BCUT2D eigenvalue weighted by molar-refractivity contribution is 8.00. The van der Waals surface area contributed by atoms with Crippen LogP contribution in [0.5, 0.6) is 0 Å². The zero-order chi connectivity index (χ0) is 18.4. The Balaban J connectivity index is 1.50. The van der Waals surface area contributed by atoms with Crippen LogP contribution in [-0.4, -0.2) is 31.8 Å². The number of aromatic nitrogens is 3. The molecule has 1 atom stereocenters. The van der Waals surface area contributed by atoms with Crippen LogP contribution in [0, 0.1) is 0 Å². The molecule has 4 rings (SSSR count). The second-order valence-corrected chi connectivity index (χ2v) is 9.00. The third-order valence-corrected chi connectivity index (χ3v) is 6.91. The quantitative estimate of drug-likeness (QED) is 0.644. The summed E-state index contributed by atoms with van der Waals surface area (Å²) in [6.07, 6.45) is 4.67. The molecule has 0 bridgehead atoms. The van der Waals surface area contributed by atoms with E-state index in [1.165, 1.54) is 23.1 Å². The second-order valence-electron chi connectivity index (χ2n) is 6.59. The molecule has 2 aromatic rings. The zero-order valence-corrected chi connectivity index (χ0v) is 15.8. The Morgan fingerprint density at radius 1 is 1.42 bits per heavy atom. The molecule has 26 heavy (non-hydrogen) atoms. The van der Waals surface area contributed by atoms with Crippen molar-refractivity contribution in [2.75, 3.05) is 5.32 Å². The van der Waals surface area contributed by atoms with Gasteiger partial charge in [0.05, 0.1) is 10.8 Å². The molecule has 1 saturated carbocycles. The minimum absolute atomic E-state index is 0.181. The topological polar surface area (TPSA) is 123 Å². The molecule has 0 aliphatic heterocycles. The fraction of sp³-hybridized carbons (Fsp3) is 0.500. The van der Waals surface area contributed by atoms with Crippen molar-refractivity contribution in [3.63, 3.8) is 0 Å². The van der Waals surface area contributed by atoms with E-state index in [-0.39, 0.29) is 17.6 Å². The molecule has 2 aromatic heterocycles. The number of hydrogen-bond donors (Lipinski definition) is 3. The van der Waals surface area contributed by atoms with Crippen molar-refractivity contribution in [3.8, 4) is 0 Å². The highest BCUT2D eigenvalue weighted by Gasteiger charge is 2.31. The van der Waals surface area contributed by atoms with Crippen LogP contribution in [-0.2, 0) is 17.6 Å². The molecule has 0 radical (unpaired) electrons. The maximum atomic E-state index is 12.6. The molecule has 2 aliphatic carbocycles. The number of carbonyl (C=O) groups is 2. The van der Waals surface area contributed by atoms with E-state index in [4.69, 9.17) is 5.73 Å². The molecule has 2 aliphatic rings. The number of carbonyl (C=O) groups excluding carboxylic acids is 2. The van der Waals surface area contributed by atoms with Gasteiger partial charge in [-0.05, 0) is 44.6 Å². The van der Waals surface area contributed by atoms with E-state index in [1.54, 1.807) is 11.5 Å². The predicted octanol–water partition coefficient (Wildman–Crippen LogP) is 1.67. The van der Waals surface area contributed by atoms with E-state index in [1.807, 2.05) is 0 Å². The van der Waals surface area contributed by atoms with Gasteiger partial charge in [0.15, 0.2) is 5.16 Å². The fourth-order valence-electron chi connectivity index (χ4n) is 3.21. The highest BCUT2D eigenvalue weighted by Crippen LogP contribution is 2.40. The number of hydrogen-bond acceptors (Lipinski definition) is 6. The fourth-order valence-corrected chi connectivity index (χ4v) is 5.43. The number of primary amides is 1. The number of thioether (sulfide) groups is 1. The number of thiophene rings is 1. The van der Waals surface area contributed by atoms with Crippen LogP contribution < -0.4 is 16.7 Å². The van der Waals surface area contributed by atoms with E-state index in [9.17, 15) is 14.4 Å². The summed E-state index contributed by atoms with van der Waals surface area (Å²) in [7, 11) is 0. The van der Waals surface area contributed by atoms with Crippen LogP contribution in [0.4, 0.5) is 5.00 Å². The number of aryl methyl sites for hydroxylation is 1. The third-order valence-electron chi connectivity index (χ3n) is 4.64. The minimum atomic E-state index is -0.505. The summed E-state index contributed by atoms with van der Waals surface area (Å²) in [5.74, 6) is -0.745. The Morgan fingerprint density at radius 2 is 2.19 bits per heavy atom. The van der Waals surface area contributed by atoms with Crippen LogP contribution >= 0.6 is 23.1 Å². The summed E-state index contributed by atoms with van der Waals surface area (Å²) in [6.45, 7) is 1.75. The van der Waals surface area contributed by atoms with Gasteiger partial charge in [-0.15, -0.1) is 16.4 Å². The van der Waals surface area contributed by atoms with Gasteiger partial charge in [-0.2, -0.15) is 0 Å². The predicted molar refractivity (Wildman–Crippen MR) is 99.9 cm³/mol. The first-order valence-electron chi connectivity index (χ1n) is 8.54. The Hall–Kier alpha value is -2.07. The Kier molecular flexibility index (Phi) is 4.39. The molecular weight excluding hydrogens is 374 g/mol. The van der Waals surface area contributed by atoms with Gasteiger partial charge < -0.3 is 11.1 Å². The number of anilines is 1. The zero-order valence-electron chi connectivity index (χ0n) is 14.2. The summed E-state index contributed by atoms with van der Waals surface area (Å²) < 4.78 is 1.61. The number of H-pyrrole nitrogens is 1. The van der Waals surface area contributed by atoms with Gasteiger partial charge in [0.2, 0.25) is 5.91 Å². The number of rotatable bonds is 6. The first-order chi connectivity index (χ1) is 12.5. The lowest BCUT2D eigenvalue weighted by atomic mass is 10.1. The summed E-state index contributed by atoms with van der Waals surface area (Å²) >= 11 is 2.66. The molecule has 0 unspecified atom stereocenters. The molecule has 0 saturated heterocycles. The number of fused-ring (bicyclic) bond motifs is 1. The lowest BCUT2D eigenvalue weighted by molar-refractivity contribution is -0.115. The molecular formula is C16H19N5O3S2. The van der Waals surface area contributed by atoms with Crippen molar-refractivity contribution in [3.05, 3.63) is 26.5 Å². The van der Waals surface area contributed by atoms with Crippen molar-refractivity contribution in [2.45, 2.75) is 55.5 Å². The largest absolute Gasteiger partial charge is 0.365 e. The third kappa shape index (κ3) is 3.07. The summed E-state index contributed by atoms with van der Waals surface area (Å²) in [5.41, 5.74) is 6.71. The number of nitrogens with two attached hydrogens (primary N) is 1. The van der Waals surface area contributed by atoms with Gasteiger partial charge in [-0.1, -0.05) is 11.8 Å². The smallest absolute Gasteiger partial charge is 0.344 e. The van der Waals surface area contributed by atoms with Gasteiger partial charge in [-0.3, -0.25) is 14.2 Å². The van der Waals surface area contributed by atoms with Gasteiger partial charge in [0.1, 0.15) is 5.00 Å². The molecule has 2 heterocycles. The first kappa shape index (κ1) is 17.3. The highest BCUT2D eigenvalue weighted by atomic mass is 32.2. The normalized spacial score (nSPS) is 17.1. The minimum Gasteiger partial charge on any atom is -0.365 e. The number of aromatic amines is 1. The maximum absolute atomic E-state index is 12.6. The van der Waals surface area contributed by atoms with Crippen LogP contribution in [0.15, 0.2) is 9.95 Å². The summed E-state index contributed by atoms with van der Waals surface area (Å²) in [5, 5.41) is 9.90. The molecule has 138 valence electrons. The van der Waals surface area contributed by atoms with Crippen LogP contribution in [0.1, 0.15) is 53.0 Å². The molecule has 2 amide bonds. The Labute approximate surface area is 157 Å². The van der Waals surface area contributed by atoms with Crippen LogP contribution in [0.2, 0.25) is 0 Å². The van der Waals surface area contributed by atoms with Gasteiger partial charge in [-0.25, -0.2) is 9.89 Å². The first-order valence-corrected chi connectivity index (χ1v) is 10.2.